The number of ether oxygens (including phenoxy) is 2. The molecule has 19 heavy (non-hydrogen) atoms. The van der Waals surface area contributed by atoms with E-state index in [1.165, 1.54) is 14.2 Å². The molecule has 0 spiro atoms. The molecule has 0 radical (unpaired) electrons. The van der Waals surface area contributed by atoms with Crippen molar-refractivity contribution in [2.45, 2.75) is 19.1 Å². The van der Waals surface area contributed by atoms with Gasteiger partial charge in [-0.25, -0.2) is 0 Å². The molecule has 0 heterocycles. The van der Waals surface area contributed by atoms with E-state index in [1.807, 2.05) is 0 Å². The van der Waals surface area contributed by atoms with Gasteiger partial charge in [-0.05, 0) is 25.1 Å². The van der Waals surface area contributed by atoms with Crippen LogP contribution < -0.4 is 20.5 Å². The van der Waals surface area contributed by atoms with Crippen LogP contribution in [0.5, 0.6) is 11.5 Å². The molecule has 0 aliphatic heterocycles. The number of hydrogen-bond donors (Lipinski definition) is 3. The second-order valence-electron chi connectivity index (χ2n) is 4.18. The summed E-state index contributed by atoms with van der Waals surface area (Å²) < 4.78 is 10.2. The molecule has 0 fully saturated rings. The van der Waals surface area contributed by atoms with Gasteiger partial charge in [-0.1, -0.05) is 0 Å². The molecule has 0 aliphatic carbocycles. The normalized spacial score (nSPS) is 13.5. The maximum absolute atomic E-state index is 12.0. The summed E-state index contributed by atoms with van der Waals surface area (Å²) in [5.74, 6) is 0.682. The fraction of sp³-hybridized carbons (Fsp3) is 0.462. The first-order chi connectivity index (χ1) is 8.99. The first-order valence-electron chi connectivity index (χ1n) is 5.93. The van der Waals surface area contributed by atoms with Crippen LogP contribution in [0.4, 0.5) is 0 Å². The number of carbonyl (C=O) groups is 1. The average molecular weight is 268 g/mol. The van der Waals surface area contributed by atoms with Crippen molar-refractivity contribution in [3.8, 4) is 11.5 Å². The molecule has 106 valence electrons. The number of rotatable bonds is 6. The summed E-state index contributed by atoms with van der Waals surface area (Å²) in [5, 5.41) is 11.9. The van der Waals surface area contributed by atoms with E-state index < -0.39 is 12.1 Å². The highest BCUT2D eigenvalue weighted by atomic mass is 16.5. The molecule has 2 atom stereocenters. The fourth-order valence-corrected chi connectivity index (χ4v) is 1.47. The topological polar surface area (TPSA) is 93.8 Å². The standard InChI is InChI=1S/C13H20N2O4/c1-8(16)11(14)7-15-13(17)10-6-9(18-2)4-5-12(10)19-3/h4-6,8,11,16H,7,14H2,1-3H3,(H,15,17). The van der Waals surface area contributed by atoms with Crippen molar-refractivity contribution in [3.63, 3.8) is 0 Å². The summed E-state index contributed by atoms with van der Waals surface area (Å²) in [7, 11) is 3.01. The zero-order valence-electron chi connectivity index (χ0n) is 11.3. The van der Waals surface area contributed by atoms with Crippen molar-refractivity contribution < 1.29 is 19.4 Å². The number of aliphatic hydroxyl groups excluding tert-OH is 1. The summed E-state index contributed by atoms with van der Waals surface area (Å²) in [6, 6.07) is 4.43. The predicted molar refractivity (Wildman–Crippen MR) is 71.5 cm³/mol. The van der Waals surface area contributed by atoms with Gasteiger partial charge in [-0.15, -0.1) is 0 Å². The third kappa shape index (κ3) is 4.11. The second kappa shape index (κ2) is 6.96. The molecule has 0 saturated carbocycles. The Balaban J connectivity index is 2.80. The van der Waals surface area contributed by atoms with Gasteiger partial charge in [0.25, 0.3) is 5.91 Å². The summed E-state index contributed by atoms with van der Waals surface area (Å²) in [5.41, 5.74) is 6.01. The largest absolute Gasteiger partial charge is 0.497 e. The maximum atomic E-state index is 12.0. The number of benzene rings is 1. The van der Waals surface area contributed by atoms with Crippen molar-refractivity contribution in [3.05, 3.63) is 23.8 Å². The van der Waals surface area contributed by atoms with Gasteiger partial charge in [-0.3, -0.25) is 4.79 Å². The molecule has 0 bridgehead atoms. The lowest BCUT2D eigenvalue weighted by Crippen LogP contribution is -2.43. The molecule has 1 amide bonds. The lowest BCUT2D eigenvalue weighted by Gasteiger charge is -2.16. The molecule has 0 aliphatic rings. The Kier molecular flexibility index (Phi) is 5.59. The molecule has 4 N–H and O–H groups in total. The van der Waals surface area contributed by atoms with E-state index in [9.17, 15) is 9.90 Å². The second-order valence-corrected chi connectivity index (χ2v) is 4.18. The Morgan fingerprint density at radius 2 is 2.11 bits per heavy atom. The summed E-state index contributed by atoms with van der Waals surface area (Å²) in [6.07, 6.45) is -0.687. The number of aliphatic hydroxyl groups is 1. The Bertz CT molecular complexity index is 435. The van der Waals surface area contributed by atoms with E-state index >= 15 is 0 Å². The van der Waals surface area contributed by atoms with Crippen LogP contribution in [-0.4, -0.2) is 43.9 Å². The molecule has 0 aromatic heterocycles. The van der Waals surface area contributed by atoms with Crippen molar-refractivity contribution in [1.82, 2.24) is 5.32 Å². The molecule has 1 aromatic carbocycles. The zero-order chi connectivity index (χ0) is 14.4. The maximum Gasteiger partial charge on any atom is 0.255 e. The van der Waals surface area contributed by atoms with Crippen LogP contribution in [0.2, 0.25) is 0 Å². The van der Waals surface area contributed by atoms with Gasteiger partial charge >= 0.3 is 0 Å². The summed E-state index contributed by atoms with van der Waals surface area (Å²) >= 11 is 0. The SMILES string of the molecule is COc1ccc(OC)c(C(=O)NCC(N)C(C)O)c1. The molecule has 1 aromatic rings. The first-order valence-corrected chi connectivity index (χ1v) is 5.93. The van der Waals surface area contributed by atoms with Gasteiger partial charge < -0.3 is 25.6 Å². The Hall–Kier alpha value is -1.79. The van der Waals surface area contributed by atoms with Gasteiger partial charge in [0, 0.05) is 12.6 Å². The predicted octanol–water partition coefficient (Wildman–Crippen LogP) is 0.142. The van der Waals surface area contributed by atoms with Crippen molar-refractivity contribution in [1.29, 1.82) is 0 Å². The quantitative estimate of drug-likeness (QED) is 0.682. The van der Waals surface area contributed by atoms with Crippen LogP contribution in [0.25, 0.3) is 0 Å². The van der Waals surface area contributed by atoms with E-state index in [0.717, 1.165) is 0 Å². The van der Waals surface area contributed by atoms with Gasteiger partial charge in [0.2, 0.25) is 0 Å². The zero-order valence-corrected chi connectivity index (χ0v) is 11.3. The van der Waals surface area contributed by atoms with Crippen molar-refractivity contribution >= 4 is 5.91 Å². The van der Waals surface area contributed by atoms with Gasteiger partial charge in [0.15, 0.2) is 0 Å². The van der Waals surface area contributed by atoms with Crippen LogP contribution in [0.15, 0.2) is 18.2 Å². The first kappa shape index (κ1) is 15.3. The van der Waals surface area contributed by atoms with E-state index in [-0.39, 0.29) is 12.5 Å². The van der Waals surface area contributed by atoms with Gasteiger partial charge in [-0.2, -0.15) is 0 Å². The van der Waals surface area contributed by atoms with E-state index in [0.29, 0.717) is 17.1 Å². The summed E-state index contributed by atoms with van der Waals surface area (Å²) in [6.45, 7) is 1.75. The lowest BCUT2D eigenvalue weighted by atomic mass is 10.1. The number of methoxy groups -OCH3 is 2. The summed E-state index contributed by atoms with van der Waals surface area (Å²) in [4.78, 5) is 12.0. The van der Waals surface area contributed by atoms with Crippen LogP contribution >= 0.6 is 0 Å². The number of carbonyl (C=O) groups excluding carboxylic acids is 1. The Morgan fingerprint density at radius 1 is 1.42 bits per heavy atom. The monoisotopic (exact) mass is 268 g/mol. The van der Waals surface area contributed by atoms with E-state index in [4.69, 9.17) is 15.2 Å². The average Bonchev–Trinajstić information content (AvgIpc) is 2.43. The van der Waals surface area contributed by atoms with Crippen LogP contribution in [0.3, 0.4) is 0 Å². The van der Waals surface area contributed by atoms with Gasteiger partial charge in [0.1, 0.15) is 11.5 Å². The molecule has 6 nitrogen and oxygen atoms in total. The third-order valence-electron chi connectivity index (χ3n) is 2.77. The number of nitrogens with one attached hydrogen (secondary N) is 1. The smallest absolute Gasteiger partial charge is 0.255 e. The molecule has 6 heteroatoms. The van der Waals surface area contributed by atoms with Crippen LogP contribution in [0.1, 0.15) is 17.3 Å². The molecule has 1 rings (SSSR count). The minimum absolute atomic E-state index is 0.177. The Labute approximate surface area is 112 Å². The van der Waals surface area contributed by atoms with Crippen LogP contribution in [0, 0.1) is 0 Å². The third-order valence-corrected chi connectivity index (χ3v) is 2.77. The molecular formula is C13H20N2O4. The van der Waals surface area contributed by atoms with Crippen LogP contribution in [-0.2, 0) is 0 Å². The highest BCUT2D eigenvalue weighted by molar-refractivity contribution is 5.97. The Morgan fingerprint density at radius 3 is 2.63 bits per heavy atom. The lowest BCUT2D eigenvalue weighted by molar-refractivity contribution is 0.0934. The van der Waals surface area contributed by atoms with Gasteiger partial charge in [0.05, 0.1) is 25.9 Å². The van der Waals surface area contributed by atoms with E-state index in [1.54, 1.807) is 25.1 Å². The highest BCUT2D eigenvalue weighted by Crippen LogP contribution is 2.23. The van der Waals surface area contributed by atoms with Crippen molar-refractivity contribution in [2.24, 2.45) is 5.73 Å². The number of hydrogen-bond acceptors (Lipinski definition) is 5. The highest BCUT2D eigenvalue weighted by Gasteiger charge is 2.16. The van der Waals surface area contributed by atoms with E-state index in [2.05, 4.69) is 5.32 Å². The molecule has 2 unspecified atom stereocenters. The minimum atomic E-state index is -0.687. The van der Waals surface area contributed by atoms with Crippen molar-refractivity contribution in [2.75, 3.05) is 20.8 Å². The number of amides is 1. The molecular weight excluding hydrogens is 248 g/mol. The number of nitrogens with two attached hydrogens (primary N) is 1. The minimum Gasteiger partial charge on any atom is -0.497 e. The fourth-order valence-electron chi connectivity index (χ4n) is 1.47. The molecule has 0 saturated heterocycles.